The fourth-order valence-electron chi connectivity index (χ4n) is 2.91. The lowest BCUT2D eigenvalue weighted by Crippen LogP contribution is -2.33. The van der Waals surface area contributed by atoms with Gasteiger partial charge in [0.1, 0.15) is 5.75 Å². The third kappa shape index (κ3) is 4.80. The smallest absolute Gasteiger partial charge is 0.119 e. The van der Waals surface area contributed by atoms with Gasteiger partial charge >= 0.3 is 0 Å². The van der Waals surface area contributed by atoms with Crippen LogP contribution in [-0.2, 0) is 0 Å². The molecule has 1 saturated carbocycles. The summed E-state index contributed by atoms with van der Waals surface area (Å²) in [6.07, 6.45) is 8.75. The first-order chi connectivity index (χ1) is 9.79. The molecule has 1 aliphatic carbocycles. The zero-order valence-electron chi connectivity index (χ0n) is 12.5. The molecular weight excluding hydrogens is 250 g/mol. The molecule has 112 valence electrons. The SMILES string of the molecule is COc1cccc(C(O)CNC2CCCCCCC2)c1. The minimum atomic E-state index is -0.462. The highest BCUT2D eigenvalue weighted by atomic mass is 16.5. The number of hydrogen-bond acceptors (Lipinski definition) is 3. The van der Waals surface area contributed by atoms with Gasteiger partial charge in [0.05, 0.1) is 13.2 Å². The summed E-state index contributed by atoms with van der Waals surface area (Å²) in [5.74, 6) is 0.799. The predicted octanol–water partition coefficient (Wildman–Crippen LogP) is 3.43. The van der Waals surface area contributed by atoms with Crippen molar-refractivity contribution in [1.82, 2.24) is 5.32 Å². The molecule has 0 aliphatic heterocycles. The predicted molar refractivity (Wildman–Crippen MR) is 82.1 cm³/mol. The number of aliphatic hydroxyl groups is 1. The number of benzene rings is 1. The molecule has 0 bridgehead atoms. The maximum atomic E-state index is 10.3. The van der Waals surface area contributed by atoms with Gasteiger partial charge in [0.15, 0.2) is 0 Å². The first-order valence-corrected chi connectivity index (χ1v) is 7.85. The second kappa shape index (κ2) is 8.28. The third-order valence-electron chi connectivity index (χ3n) is 4.18. The summed E-state index contributed by atoms with van der Waals surface area (Å²) in [6.45, 7) is 0.623. The summed E-state index contributed by atoms with van der Waals surface area (Å²) in [5, 5.41) is 13.8. The zero-order chi connectivity index (χ0) is 14.2. The summed E-state index contributed by atoms with van der Waals surface area (Å²) in [5.41, 5.74) is 0.919. The van der Waals surface area contributed by atoms with Crippen molar-refractivity contribution in [1.29, 1.82) is 0 Å². The highest BCUT2D eigenvalue weighted by Gasteiger charge is 2.14. The van der Waals surface area contributed by atoms with Gasteiger partial charge < -0.3 is 15.2 Å². The number of aliphatic hydroxyl groups excluding tert-OH is 1. The molecule has 20 heavy (non-hydrogen) atoms. The second-order valence-corrected chi connectivity index (χ2v) is 5.74. The Hall–Kier alpha value is -1.06. The monoisotopic (exact) mass is 277 g/mol. The maximum Gasteiger partial charge on any atom is 0.119 e. The largest absolute Gasteiger partial charge is 0.497 e. The summed E-state index contributed by atoms with van der Waals surface area (Å²) >= 11 is 0. The summed E-state index contributed by atoms with van der Waals surface area (Å²) in [7, 11) is 1.65. The lowest BCUT2D eigenvalue weighted by Gasteiger charge is -2.23. The molecule has 2 rings (SSSR count). The molecule has 1 fully saturated rings. The molecule has 3 heteroatoms. The molecule has 0 amide bonds. The van der Waals surface area contributed by atoms with Crippen molar-refractivity contribution in [2.45, 2.75) is 57.1 Å². The lowest BCUT2D eigenvalue weighted by molar-refractivity contribution is 0.166. The van der Waals surface area contributed by atoms with Crippen LogP contribution in [0.3, 0.4) is 0 Å². The Balaban J connectivity index is 1.82. The Morgan fingerprint density at radius 1 is 1.20 bits per heavy atom. The van der Waals surface area contributed by atoms with Crippen LogP contribution in [0.2, 0.25) is 0 Å². The topological polar surface area (TPSA) is 41.5 Å². The fourth-order valence-corrected chi connectivity index (χ4v) is 2.91. The van der Waals surface area contributed by atoms with E-state index in [2.05, 4.69) is 5.32 Å². The minimum Gasteiger partial charge on any atom is -0.497 e. The van der Waals surface area contributed by atoms with Gasteiger partial charge in [0.25, 0.3) is 0 Å². The van der Waals surface area contributed by atoms with E-state index in [0.717, 1.165) is 11.3 Å². The van der Waals surface area contributed by atoms with Crippen molar-refractivity contribution >= 4 is 0 Å². The highest BCUT2D eigenvalue weighted by molar-refractivity contribution is 5.29. The third-order valence-corrected chi connectivity index (χ3v) is 4.18. The first kappa shape index (κ1) is 15.3. The Kier molecular flexibility index (Phi) is 6.34. The van der Waals surface area contributed by atoms with Gasteiger partial charge in [0, 0.05) is 12.6 Å². The van der Waals surface area contributed by atoms with Gasteiger partial charge in [-0.15, -0.1) is 0 Å². The van der Waals surface area contributed by atoms with Crippen LogP contribution < -0.4 is 10.1 Å². The van der Waals surface area contributed by atoms with E-state index in [1.54, 1.807) is 7.11 Å². The van der Waals surface area contributed by atoms with E-state index >= 15 is 0 Å². The molecule has 0 aromatic heterocycles. The Morgan fingerprint density at radius 3 is 2.60 bits per heavy atom. The number of ether oxygens (including phenoxy) is 1. The molecule has 1 aromatic carbocycles. The van der Waals surface area contributed by atoms with E-state index in [-0.39, 0.29) is 0 Å². The van der Waals surface area contributed by atoms with E-state index in [0.29, 0.717) is 12.6 Å². The summed E-state index contributed by atoms with van der Waals surface area (Å²) in [4.78, 5) is 0. The summed E-state index contributed by atoms with van der Waals surface area (Å²) in [6, 6.07) is 8.25. The quantitative estimate of drug-likeness (QED) is 0.866. The highest BCUT2D eigenvalue weighted by Crippen LogP contribution is 2.20. The maximum absolute atomic E-state index is 10.3. The van der Waals surface area contributed by atoms with Gasteiger partial charge in [-0.2, -0.15) is 0 Å². The second-order valence-electron chi connectivity index (χ2n) is 5.74. The molecule has 0 saturated heterocycles. The van der Waals surface area contributed by atoms with Crippen LogP contribution in [0.5, 0.6) is 5.75 Å². The Morgan fingerprint density at radius 2 is 1.90 bits per heavy atom. The van der Waals surface area contributed by atoms with Gasteiger partial charge in [-0.3, -0.25) is 0 Å². The van der Waals surface area contributed by atoms with E-state index in [9.17, 15) is 5.11 Å². The number of rotatable bonds is 5. The lowest BCUT2D eigenvalue weighted by atomic mass is 9.96. The number of hydrogen-bond donors (Lipinski definition) is 2. The van der Waals surface area contributed by atoms with Crippen LogP contribution in [0.1, 0.15) is 56.6 Å². The molecule has 3 nitrogen and oxygen atoms in total. The van der Waals surface area contributed by atoms with Crippen LogP contribution in [0.25, 0.3) is 0 Å². The molecule has 0 heterocycles. The van der Waals surface area contributed by atoms with Gasteiger partial charge in [-0.25, -0.2) is 0 Å². The van der Waals surface area contributed by atoms with E-state index < -0.39 is 6.10 Å². The minimum absolute atomic E-state index is 0.462. The average Bonchev–Trinajstić information content (AvgIpc) is 2.46. The van der Waals surface area contributed by atoms with Gasteiger partial charge in [-0.1, -0.05) is 44.2 Å². The molecule has 1 unspecified atom stereocenters. The van der Waals surface area contributed by atoms with E-state index in [1.165, 1.54) is 44.9 Å². The molecular formula is C17H27NO2. The molecule has 1 aromatic rings. The Labute approximate surface area is 122 Å². The van der Waals surface area contributed by atoms with Crippen molar-refractivity contribution in [2.24, 2.45) is 0 Å². The van der Waals surface area contributed by atoms with E-state index in [1.807, 2.05) is 24.3 Å². The number of nitrogens with one attached hydrogen (secondary N) is 1. The van der Waals surface area contributed by atoms with Crippen LogP contribution in [0.15, 0.2) is 24.3 Å². The van der Waals surface area contributed by atoms with Gasteiger partial charge in [0.2, 0.25) is 0 Å². The van der Waals surface area contributed by atoms with E-state index in [4.69, 9.17) is 4.74 Å². The van der Waals surface area contributed by atoms with Crippen molar-refractivity contribution in [3.8, 4) is 5.75 Å². The van der Waals surface area contributed by atoms with Crippen molar-refractivity contribution in [3.05, 3.63) is 29.8 Å². The van der Waals surface area contributed by atoms with Crippen molar-refractivity contribution in [2.75, 3.05) is 13.7 Å². The molecule has 1 atom stereocenters. The molecule has 2 N–H and O–H groups in total. The molecule has 1 aliphatic rings. The fraction of sp³-hybridized carbons (Fsp3) is 0.647. The molecule has 0 spiro atoms. The van der Waals surface area contributed by atoms with Crippen LogP contribution in [0, 0.1) is 0 Å². The number of methoxy groups -OCH3 is 1. The van der Waals surface area contributed by atoms with Crippen LogP contribution >= 0.6 is 0 Å². The normalized spacial score (nSPS) is 19.1. The first-order valence-electron chi connectivity index (χ1n) is 7.85. The van der Waals surface area contributed by atoms with Crippen LogP contribution in [-0.4, -0.2) is 24.8 Å². The summed E-state index contributed by atoms with van der Waals surface area (Å²) < 4.78 is 5.20. The Bertz CT molecular complexity index is 386. The average molecular weight is 277 g/mol. The van der Waals surface area contributed by atoms with Gasteiger partial charge in [-0.05, 0) is 30.5 Å². The van der Waals surface area contributed by atoms with Crippen molar-refractivity contribution in [3.63, 3.8) is 0 Å². The van der Waals surface area contributed by atoms with Crippen LogP contribution in [0.4, 0.5) is 0 Å². The van der Waals surface area contributed by atoms with Crippen molar-refractivity contribution < 1.29 is 9.84 Å². The molecule has 0 radical (unpaired) electrons. The zero-order valence-corrected chi connectivity index (χ0v) is 12.5. The standard InChI is InChI=1S/C17H27NO2/c1-20-16-11-7-8-14(12-16)17(19)13-18-15-9-5-3-2-4-6-10-15/h7-8,11-12,15,17-19H,2-6,9-10,13H2,1H3.